The number of benzene rings is 1. The molecule has 0 aliphatic heterocycles. The molecule has 0 radical (unpaired) electrons. The molecule has 0 fully saturated rings. The van der Waals surface area contributed by atoms with Gasteiger partial charge < -0.3 is 0 Å². The predicted molar refractivity (Wildman–Crippen MR) is 159 cm³/mol. The van der Waals surface area contributed by atoms with E-state index < -0.39 is 24.0 Å². The molecule has 208 valence electrons. The molecule has 4 heteroatoms. The van der Waals surface area contributed by atoms with Crippen LogP contribution in [0.2, 0.25) is 13.3 Å². The van der Waals surface area contributed by atoms with E-state index in [-0.39, 0.29) is 6.10 Å². The number of hydrogen-bond donors (Lipinski definition) is 0. The van der Waals surface area contributed by atoms with Gasteiger partial charge in [-0.3, -0.25) is 0 Å². The standard InChI is InChI=1S/C20H31O3.3C4H9.Sn/c1-6-11-17(3)19(20(4,21-5)14-7-2)23-16-22-15-18-12-9-8-10-13-18;3*1-3-4-2;/h7-10,12-14,17,19H,5-6,11,15-16H2,1-4H3;3*1,3-4H2,2H3;/b14-7+;;;;/t17-,19+,20?;;;;/m1..../s1. The maximum absolute atomic E-state index is 7.10. The first-order valence-corrected chi connectivity index (χ1v) is 23.0. The molecular formula is C32H58O3Sn. The summed E-state index contributed by atoms with van der Waals surface area (Å²) in [7, 11) is 0. The summed E-state index contributed by atoms with van der Waals surface area (Å²) in [4.78, 5) is 0. The van der Waals surface area contributed by atoms with Gasteiger partial charge in [0.05, 0.1) is 0 Å². The van der Waals surface area contributed by atoms with Gasteiger partial charge in [0, 0.05) is 0 Å². The average molecular weight is 610 g/mol. The Labute approximate surface area is 228 Å². The fraction of sp³-hybridized carbons (Fsp3) is 0.750. The van der Waals surface area contributed by atoms with Crippen molar-refractivity contribution >= 4 is 18.4 Å². The van der Waals surface area contributed by atoms with Gasteiger partial charge in [-0.2, -0.15) is 0 Å². The molecule has 0 spiro atoms. The average Bonchev–Trinajstić information content (AvgIpc) is 2.88. The molecule has 3 atom stereocenters. The van der Waals surface area contributed by atoms with Crippen LogP contribution in [0.4, 0.5) is 0 Å². The Morgan fingerprint density at radius 1 is 0.889 bits per heavy atom. The Balaban J connectivity index is 3.05. The second kappa shape index (κ2) is 19.7. The third-order valence-electron chi connectivity index (χ3n) is 7.64. The molecule has 0 bridgehead atoms. The van der Waals surface area contributed by atoms with Crippen LogP contribution >= 0.6 is 0 Å². The summed E-state index contributed by atoms with van der Waals surface area (Å²) in [5.74, 6) is 0.392. The van der Waals surface area contributed by atoms with E-state index in [2.05, 4.69) is 84.9 Å². The van der Waals surface area contributed by atoms with Crippen LogP contribution in [-0.4, -0.2) is 41.5 Å². The van der Waals surface area contributed by atoms with Crippen LogP contribution in [0.3, 0.4) is 0 Å². The number of rotatable bonds is 22. The molecule has 0 saturated heterocycles. The van der Waals surface area contributed by atoms with E-state index in [0.717, 1.165) is 17.5 Å². The second-order valence-corrected chi connectivity index (χ2v) is 24.8. The zero-order chi connectivity index (χ0) is 26.7. The molecule has 1 unspecified atom stereocenters. The van der Waals surface area contributed by atoms with Crippen molar-refractivity contribution in [3.05, 3.63) is 48.0 Å². The van der Waals surface area contributed by atoms with Crippen molar-refractivity contribution in [2.45, 2.75) is 131 Å². The summed E-state index contributed by atoms with van der Waals surface area (Å²) >= 11 is -2.43. The Morgan fingerprint density at radius 3 is 1.97 bits per heavy atom. The number of unbranched alkanes of at least 4 members (excludes halogenated alkanes) is 3. The number of ether oxygens (including phenoxy) is 3. The SMILES string of the molecule is C/C=C/C(C)(O[CH2][Sn]([CH2]CCC)([CH2]CCC)[CH2]CCC)[C@@H](OCOCc1ccccc1)[C@H](C)CCC. The molecule has 1 aromatic rings. The monoisotopic (exact) mass is 610 g/mol. The van der Waals surface area contributed by atoms with E-state index >= 15 is 0 Å². The van der Waals surface area contributed by atoms with Gasteiger partial charge in [-0.1, -0.05) is 0 Å². The van der Waals surface area contributed by atoms with Crippen LogP contribution in [0.1, 0.15) is 105 Å². The molecule has 0 aliphatic rings. The molecule has 0 saturated carbocycles. The van der Waals surface area contributed by atoms with Crippen molar-refractivity contribution < 1.29 is 14.2 Å². The van der Waals surface area contributed by atoms with Gasteiger partial charge in [-0.25, -0.2) is 0 Å². The summed E-state index contributed by atoms with van der Waals surface area (Å²) in [5, 5.41) is 0. The van der Waals surface area contributed by atoms with Crippen molar-refractivity contribution in [2.24, 2.45) is 5.92 Å². The predicted octanol–water partition coefficient (Wildman–Crippen LogP) is 9.72. The Kier molecular flexibility index (Phi) is 18.4. The van der Waals surface area contributed by atoms with Crippen LogP contribution in [0, 0.1) is 5.92 Å². The molecule has 0 heterocycles. The first kappa shape index (κ1) is 33.7. The summed E-state index contributed by atoms with van der Waals surface area (Å²) in [6, 6.07) is 10.3. The molecule has 0 amide bonds. The fourth-order valence-electron chi connectivity index (χ4n) is 5.47. The van der Waals surface area contributed by atoms with Crippen LogP contribution in [0.5, 0.6) is 0 Å². The molecule has 3 nitrogen and oxygen atoms in total. The van der Waals surface area contributed by atoms with E-state index in [1.807, 2.05) is 6.07 Å². The summed E-state index contributed by atoms with van der Waals surface area (Å²) in [6.07, 6.45) is 14.6. The molecule has 0 N–H and O–H groups in total. The van der Waals surface area contributed by atoms with Gasteiger partial charge in [0.15, 0.2) is 0 Å². The summed E-state index contributed by atoms with van der Waals surface area (Å²) in [6.45, 7) is 16.8. The van der Waals surface area contributed by atoms with Gasteiger partial charge in [0.2, 0.25) is 0 Å². The van der Waals surface area contributed by atoms with Crippen molar-refractivity contribution in [3.8, 4) is 0 Å². The molecule has 1 aromatic carbocycles. The van der Waals surface area contributed by atoms with E-state index in [4.69, 9.17) is 14.2 Å². The maximum atomic E-state index is 7.10. The Morgan fingerprint density at radius 2 is 1.47 bits per heavy atom. The minimum atomic E-state index is -2.43. The normalized spacial score (nSPS) is 15.8. The van der Waals surface area contributed by atoms with Crippen molar-refractivity contribution in [1.82, 2.24) is 0 Å². The van der Waals surface area contributed by atoms with Gasteiger partial charge in [0.1, 0.15) is 0 Å². The summed E-state index contributed by atoms with van der Waals surface area (Å²) in [5.41, 5.74) is 0.736. The molecule has 1 rings (SSSR count). The van der Waals surface area contributed by atoms with Gasteiger partial charge >= 0.3 is 229 Å². The quantitative estimate of drug-likeness (QED) is 0.0567. The first-order chi connectivity index (χ1) is 17.4. The number of hydrogen-bond acceptors (Lipinski definition) is 3. The third kappa shape index (κ3) is 12.5. The second-order valence-electron chi connectivity index (χ2n) is 11.1. The van der Waals surface area contributed by atoms with E-state index in [1.54, 1.807) is 0 Å². The Bertz CT molecular complexity index is 655. The molecule has 36 heavy (non-hydrogen) atoms. The van der Waals surface area contributed by atoms with Crippen LogP contribution in [0.15, 0.2) is 42.5 Å². The number of allylic oxidation sites excluding steroid dienone is 1. The van der Waals surface area contributed by atoms with E-state index in [0.29, 0.717) is 19.3 Å². The van der Waals surface area contributed by atoms with Crippen LogP contribution < -0.4 is 0 Å². The van der Waals surface area contributed by atoms with Crippen molar-refractivity contribution in [3.63, 3.8) is 0 Å². The molecule has 0 aliphatic carbocycles. The van der Waals surface area contributed by atoms with Gasteiger partial charge in [-0.15, -0.1) is 0 Å². The summed E-state index contributed by atoms with van der Waals surface area (Å²) < 4.78 is 25.0. The van der Waals surface area contributed by atoms with E-state index in [1.165, 1.54) is 57.4 Å². The molecule has 0 aromatic heterocycles. The fourth-order valence-corrected chi connectivity index (χ4v) is 20.1. The minimum absolute atomic E-state index is 0.0306. The third-order valence-corrected chi connectivity index (χ3v) is 21.9. The first-order valence-electron chi connectivity index (χ1n) is 14.9. The van der Waals surface area contributed by atoms with Crippen molar-refractivity contribution in [2.75, 3.05) is 11.4 Å². The Hall–Kier alpha value is -0.361. The topological polar surface area (TPSA) is 27.7 Å². The zero-order valence-electron chi connectivity index (χ0n) is 24.8. The zero-order valence-corrected chi connectivity index (χ0v) is 27.7. The van der Waals surface area contributed by atoms with Crippen molar-refractivity contribution in [1.29, 1.82) is 0 Å². The van der Waals surface area contributed by atoms with Crippen LogP contribution in [-0.2, 0) is 20.8 Å². The van der Waals surface area contributed by atoms with Gasteiger partial charge in [-0.05, 0) is 0 Å². The van der Waals surface area contributed by atoms with E-state index in [9.17, 15) is 0 Å². The van der Waals surface area contributed by atoms with Gasteiger partial charge in [0.25, 0.3) is 0 Å². The molecular weight excluding hydrogens is 551 g/mol. The van der Waals surface area contributed by atoms with Crippen LogP contribution in [0.25, 0.3) is 0 Å².